The van der Waals surface area contributed by atoms with Crippen molar-refractivity contribution in [3.05, 3.63) is 65.7 Å². The highest BCUT2D eigenvalue weighted by Gasteiger charge is 2.18. The summed E-state index contributed by atoms with van der Waals surface area (Å²) in [5.74, 6) is -1.60. The van der Waals surface area contributed by atoms with Gasteiger partial charge in [-0.3, -0.25) is 9.59 Å². The van der Waals surface area contributed by atoms with Crippen molar-refractivity contribution in [3.63, 3.8) is 0 Å². The van der Waals surface area contributed by atoms with Crippen molar-refractivity contribution < 1.29 is 33.4 Å². The van der Waals surface area contributed by atoms with Crippen LogP contribution in [0.3, 0.4) is 0 Å². The number of benzene rings is 2. The normalized spacial score (nSPS) is 11.5. The molecule has 9 nitrogen and oxygen atoms in total. The summed E-state index contributed by atoms with van der Waals surface area (Å²) in [4.78, 5) is 47.3. The first kappa shape index (κ1) is 22.5. The Hall–Kier alpha value is -4.14. The van der Waals surface area contributed by atoms with Crippen molar-refractivity contribution in [3.8, 4) is 11.5 Å². The lowest BCUT2D eigenvalue weighted by atomic mass is 10.1. The molecule has 0 aliphatic carbocycles. The fourth-order valence-corrected chi connectivity index (χ4v) is 2.72. The van der Waals surface area contributed by atoms with Gasteiger partial charge in [-0.15, -0.1) is 0 Å². The van der Waals surface area contributed by atoms with Gasteiger partial charge in [0.15, 0.2) is 0 Å². The molecule has 2 aromatic carbocycles. The van der Waals surface area contributed by atoms with Crippen LogP contribution in [0, 0.1) is 0 Å². The van der Waals surface area contributed by atoms with Crippen molar-refractivity contribution in [2.24, 2.45) is 0 Å². The summed E-state index contributed by atoms with van der Waals surface area (Å²) in [6.45, 7) is 0.0992. The van der Waals surface area contributed by atoms with Crippen molar-refractivity contribution in [2.75, 3.05) is 19.7 Å². The zero-order valence-electron chi connectivity index (χ0n) is 17.2. The molecule has 0 bridgehead atoms. The van der Waals surface area contributed by atoms with Gasteiger partial charge in [-0.2, -0.15) is 0 Å². The average molecular weight is 438 g/mol. The molecule has 0 saturated carbocycles. The van der Waals surface area contributed by atoms with Gasteiger partial charge in [0.25, 0.3) is 0 Å². The third kappa shape index (κ3) is 6.98. The molecular formula is C23H22N2O7. The van der Waals surface area contributed by atoms with Crippen LogP contribution in [0.5, 0.6) is 11.5 Å². The number of fused-ring (bicyclic) bond motifs is 1. The zero-order valence-corrected chi connectivity index (χ0v) is 17.2. The molecule has 3 rings (SSSR count). The highest BCUT2D eigenvalue weighted by atomic mass is 16.5. The molecule has 0 spiro atoms. The van der Waals surface area contributed by atoms with Crippen molar-refractivity contribution in [1.29, 1.82) is 0 Å². The van der Waals surface area contributed by atoms with Crippen LogP contribution in [0.25, 0.3) is 6.08 Å². The van der Waals surface area contributed by atoms with Crippen molar-refractivity contribution in [2.45, 2.75) is 13.0 Å². The van der Waals surface area contributed by atoms with Crippen LogP contribution in [0.1, 0.15) is 17.5 Å². The summed E-state index contributed by atoms with van der Waals surface area (Å²) < 4.78 is 15.5. The number of hydrogen-bond acceptors (Lipinski definition) is 7. The molecule has 2 N–H and O–H groups in total. The number of hydrogen-bond donors (Lipinski definition) is 2. The van der Waals surface area contributed by atoms with E-state index in [-0.39, 0.29) is 31.9 Å². The van der Waals surface area contributed by atoms with Crippen LogP contribution in [0.2, 0.25) is 0 Å². The van der Waals surface area contributed by atoms with E-state index in [1.54, 1.807) is 24.3 Å². The van der Waals surface area contributed by atoms with E-state index in [2.05, 4.69) is 10.6 Å². The summed E-state index contributed by atoms with van der Waals surface area (Å²) in [7, 11) is 0. The Morgan fingerprint density at radius 2 is 1.81 bits per heavy atom. The number of ether oxygens (including phenoxy) is 3. The number of carbonyl (C=O) groups excluding carboxylic acids is 4. The Kier molecular flexibility index (Phi) is 7.96. The number of rotatable bonds is 9. The summed E-state index contributed by atoms with van der Waals surface area (Å²) in [5.41, 5.74) is 1.67. The second-order valence-corrected chi connectivity index (χ2v) is 6.74. The topological polar surface area (TPSA) is 120 Å². The molecule has 1 aliphatic rings. The lowest BCUT2D eigenvalue weighted by molar-refractivity contribution is -0.147. The van der Waals surface area contributed by atoms with Crippen LogP contribution < -0.4 is 20.1 Å². The summed E-state index contributed by atoms with van der Waals surface area (Å²) in [6.07, 6.45) is 2.76. The first-order valence-electron chi connectivity index (χ1n) is 9.91. The Labute approximate surface area is 184 Å². The average Bonchev–Trinajstić information content (AvgIpc) is 2.82. The van der Waals surface area contributed by atoms with Crippen LogP contribution in [0.15, 0.2) is 54.6 Å². The molecule has 2 aromatic rings. The molecule has 1 heterocycles. The van der Waals surface area contributed by atoms with E-state index < -0.39 is 23.8 Å². The predicted molar refractivity (Wildman–Crippen MR) is 114 cm³/mol. The molecule has 0 aromatic heterocycles. The molecule has 166 valence electrons. The highest BCUT2D eigenvalue weighted by Crippen LogP contribution is 2.28. The summed E-state index contributed by atoms with van der Waals surface area (Å²) in [6, 6.07) is 13.9. The van der Waals surface area contributed by atoms with E-state index in [9.17, 15) is 19.2 Å². The molecule has 9 heteroatoms. The van der Waals surface area contributed by atoms with Gasteiger partial charge in [-0.25, -0.2) is 9.59 Å². The van der Waals surface area contributed by atoms with Gasteiger partial charge in [0.1, 0.15) is 24.7 Å². The Balaban J connectivity index is 1.31. The van der Waals surface area contributed by atoms with Crippen molar-refractivity contribution >= 4 is 29.8 Å². The number of nitrogens with one attached hydrogen (secondary N) is 2. The lowest BCUT2D eigenvalue weighted by Gasteiger charge is -2.13. The molecule has 1 aliphatic heterocycles. The van der Waals surface area contributed by atoms with Gasteiger partial charge in [0.2, 0.25) is 11.7 Å². The molecule has 0 unspecified atom stereocenters. The lowest BCUT2D eigenvalue weighted by Crippen LogP contribution is -2.38. The molecule has 2 amide bonds. The highest BCUT2D eigenvalue weighted by molar-refractivity contribution is 6.34. The van der Waals surface area contributed by atoms with E-state index in [4.69, 9.17) is 14.2 Å². The van der Waals surface area contributed by atoms with E-state index in [1.165, 1.54) is 6.07 Å². The van der Waals surface area contributed by atoms with Gasteiger partial charge in [-0.1, -0.05) is 36.4 Å². The van der Waals surface area contributed by atoms with E-state index >= 15 is 0 Å². The minimum absolute atomic E-state index is 0.0778. The van der Waals surface area contributed by atoms with Crippen LogP contribution >= 0.6 is 0 Å². The number of carbonyl (C=O) groups is 4. The van der Waals surface area contributed by atoms with Crippen LogP contribution in [0.4, 0.5) is 4.79 Å². The van der Waals surface area contributed by atoms with Crippen molar-refractivity contribution in [1.82, 2.24) is 10.6 Å². The summed E-state index contributed by atoms with van der Waals surface area (Å²) in [5, 5.41) is 4.74. The first-order chi connectivity index (χ1) is 15.5. The second-order valence-electron chi connectivity index (χ2n) is 6.74. The van der Waals surface area contributed by atoms with Gasteiger partial charge in [-0.05, 0) is 23.8 Å². The molecular weight excluding hydrogens is 416 g/mol. The number of ketones is 1. The van der Waals surface area contributed by atoms with Gasteiger partial charge in [0.05, 0.1) is 6.54 Å². The fourth-order valence-electron chi connectivity index (χ4n) is 2.72. The largest absolute Gasteiger partial charge is 0.489 e. The number of amides is 2. The van der Waals surface area contributed by atoms with Gasteiger partial charge in [0, 0.05) is 24.6 Å². The maximum absolute atomic E-state index is 11.9. The van der Waals surface area contributed by atoms with Crippen LogP contribution in [-0.4, -0.2) is 43.4 Å². The Bertz CT molecular complexity index is 1020. The molecule has 0 radical (unpaired) electrons. The van der Waals surface area contributed by atoms with E-state index in [1.807, 2.05) is 30.4 Å². The quantitative estimate of drug-likeness (QED) is 0.349. The first-order valence-corrected chi connectivity index (χ1v) is 9.91. The van der Waals surface area contributed by atoms with E-state index in [0.29, 0.717) is 12.4 Å². The number of alkyl carbamates (subject to hydrolysis) is 1. The van der Waals surface area contributed by atoms with E-state index in [0.717, 1.165) is 11.1 Å². The molecule has 0 fully saturated rings. The minimum Gasteiger partial charge on any atom is -0.489 e. The van der Waals surface area contributed by atoms with Gasteiger partial charge < -0.3 is 24.8 Å². The Morgan fingerprint density at radius 3 is 2.62 bits per heavy atom. The molecule has 0 saturated heterocycles. The molecule has 0 atom stereocenters. The number of Topliss-reactive ketones (excluding diaryl/α,β-unsaturated/α-hetero) is 1. The fraction of sp³-hybridized carbons (Fsp3) is 0.217. The zero-order chi connectivity index (χ0) is 22.8. The molecule has 32 heavy (non-hydrogen) atoms. The smallest absolute Gasteiger partial charge is 0.407 e. The minimum atomic E-state index is -1.03. The predicted octanol–water partition coefficient (Wildman–Crippen LogP) is 2.00. The van der Waals surface area contributed by atoms with Crippen LogP contribution in [-0.2, 0) is 25.7 Å². The third-order valence-corrected chi connectivity index (χ3v) is 4.34. The summed E-state index contributed by atoms with van der Waals surface area (Å²) >= 11 is 0. The Morgan fingerprint density at radius 1 is 1.00 bits per heavy atom. The second kappa shape index (κ2) is 11.3. The SMILES string of the molecule is O=C(CNC(=O)OCc1ccccc1)NCCC(=O)C(=O)Oc1ccc2c(c1)OCC=C2. The monoisotopic (exact) mass is 438 g/mol. The number of esters is 1. The standard InChI is InChI=1S/C23H22N2O7/c26-19(22(28)32-18-9-8-17-7-4-12-30-20(17)13-18)10-11-24-21(27)14-25-23(29)31-15-16-5-2-1-3-6-16/h1-9,13H,10-12,14-15H2,(H,24,27)(H,25,29). The van der Waals surface area contributed by atoms with Gasteiger partial charge >= 0.3 is 12.1 Å². The maximum atomic E-state index is 11.9. The maximum Gasteiger partial charge on any atom is 0.407 e. The third-order valence-electron chi connectivity index (χ3n) is 4.34.